The van der Waals surface area contributed by atoms with E-state index < -0.39 is 5.60 Å². The van der Waals surface area contributed by atoms with Crippen LogP contribution < -0.4 is 0 Å². The van der Waals surface area contributed by atoms with Crippen LogP contribution in [0.15, 0.2) is 0 Å². The number of aromatic nitrogens is 2. The molecule has 0 saturated carbocycles. The minimum atomic E-state index is -0.470. The standard InChI is InChI=1S/C13H19N3O2/c1-8-10-6-16(12(17)18-13(3,4)5)7-11(10)15-9(2)14-8/h6-7H2,1-5H3. The summed E-state index contributed by atoms with van der Waals surface area (Å²) in [6.07, 6.45) is -0.294. The van der Waals surface area contributed by atoms with Crippen molar-refractivity contribution in [1.29, 1.82) is 0 Å². The fourth-order valence-corrected chi connectivity index (χ4v) is 2.03. The van der Waals surface area contributed by atoms with E-state index in [-0.39, 0.29) is 6.09 Å². The molecule has 5 nitrogen and oxygen atoms in total. The molecule has 0 radical (unpaired) electrons. The van der Waals surface area contributed by atoms with Crippen LogP contribution in [-0.4, -0.2) is 26.6 Å². The quantitative estimate of drug-likeness (QED) is 0.708. The monoisotopic (exact) mass is 249 g/mol. The molecule has 0 unspecified atom stereocenters. The van der Waals surface area contributed by atoms with Crippen LogP contribution in [0.5, 0.6) is 0 Å². The van der Waals surface area contributed by atoms with Crippen LogP contribution in [-0.2, 0) is 17.8 Å². The van der Waals surface area contributed by atoms with Gasteiger partial charge in [-0.05, 0) is 34.6 Å². The molecular formula is C13H19N3O2. The van der Waals surface area contributed by atoms with Gasteiger partial charge in [-0.3, -0.25) is 4.90 Å². The molecule has 1 amide bonds. The maximum Gasteiger partial charge on any atom is 0.410 e. The van der Waals surface area contributed by atoms with Crippen LogP contribution in [0.3, 0.4) is 0 Å². The molecule has 1 aliphatic rings. The molecule has 0 atom stereocenters. The Morgan fingerprint density at radius 1 is 1.22 bits per heavy atom. The Balaban J connectivity index is 2.15. The summed E-state index contributed by atoms with van der Waals surface area (Å²) in [5, 5.41) is 0. The second kappa shape index (κ2) is 4.23. The summed E-state index contributed by atoms with van der Waals surface area (Å²) >= 11 is 0. The molecule has 0 fully saturated rings. The molecular weight excluding hydrogens is 230 g/mol. The van der Waals surface area contributed by atoms with Crippen LogP contribution in [0.2, 0.25) is 0 Å². The number of amides is 1. The molecule has 1 aromatic rings. The largest absolute Gasteiger partial charge is 0.444 e. The van der Waals surface area contributed by atoms with Crippen molar-refractivity contribution in [3.63, 3.8) is 0 Å². The first-order valence-electron chi connectivity index (χ1n) is 6.07. The van der Waals surface area contributed by atoms with Crippen molar-refractivity contribution in [1.82, 2.24) is 14.9 Å². The molecule has 0 bridgehead atoms. The fourth-order valence-electron chi connectivity index (χ4n) is 2.03. The third-order valence-electron chi connectivity index (χ3n) is 2.75. The molecule has 5 heteroatoms. The number of hydrogen-bond acceptors (Lipinski definition) is 4. The zero-order chi connectivity index (χ0) is 13.5. The Morgan fingerprint density at radius 3 is 2.50 bits per heavy atom. The maximum atomic E-state index is 12.0. The Bertz CT molecular complexity index is 492. The van der Waals surface area contributed by atoms with Gasteiger partial charge in [0.05, 0.1) is 18.8 Å². The molecule has 98 valence electrons. The molecule has 2 heterocycles. The van der Waals surface area contributed by atoms with E-state index in [1.807, 2.05) is 34.6 Å². The smallest absolute Gasteiger partial charge is 0.410 e. The normalized spacial score (nSPS) is 14.6. The molecule has 0 aromatic carbocycles. The van der Waals surface area contributed by atoms with E-state index >= 15 is 0 Å². The van der Waals surface area contributed by atoms with Crippen molar-refractivity contribution in [2.45, 2.75) is 53.3 Å². The summed E-state index contributed by atoms with van der Waals surface area (Å²) in [5.74, 6) is 0.747. The second-order valence-corrected chi connectivity index (χ2v) is 5.62. The lowest BCUT2D eigenvalue weighted by atomic mass is 10.2. The second-order valence-electron chi connectivity index (χ2n) is 5.62. The molecule has 18 heavy (non-hydrogen) atoms. The van der Waals surface area contributed by atoms with E-state index in [0.29, 0.717) is 13.1 Å². The number of fused-ring (bicyclic) bond motifs is 1. The fraction of sp³-hybridized carbons (Fsp3) is 0.615. The molecule has 0 N–H and O–H groups in total. The summed E-state index contributed by atoms with van der Waals surface area (Å²) in [4.78, 5) is 22.4. The summed E-state index contributed by atoms with van der Waals surface area (Å²) < 4.78 is 5.36. The van der Waals surface area contributed by atoms with E-state index in [2.05, 4.69) is 9.97 Å². The van der Waals surface area contributed by atoms with Crippen LogP contribution in [0.25, 0.3) is 0 Å². The lowest BCUT2D eigenvalue weighted by Gasteiger charge is -2.23. The highest BCUT2D eigenvalue weighted by Gasteiger charge is 2.30. The van der Waals surface area contributed by atoms with Gasteiger partial charge in [-0.15, -0.1) is 0 Å². The average molecular weight is 249 g/mol. The Morgan fingerprint density at radius 2 is 1.89 bits per heavy atom. The van der Waals surface area contributed by atoms with Gasteiger partial charge in [-0.2, -0.15) is 0 Å². The lowest BCUT2D eigenvalue weighted by Crippen LogP contribution is -2.33. The predicted molar refractivity (Wildman–Crippen MR) is 67.0 cm³/mol. The number of rotatable bonds is 0. The number of ether oxygens (including phenoxy) is 1. The van der Waals surface area contributed by atoms with Crippen molar-refractivity contribution >= 4 is 6.09 Å². The summed E-state index contributed by atoms with van der Waals surface area (Å²) in [5.41, 5.74) is 2.46. The van der Waals surface area contributed by atoms with E-state index in [9.17, 15) is 4.79 Å². The Labute approximate surface area is 107 Å². The zero-order valence-electron chi connectivity index (χ0n) is 11.6. The molecule has 2 rings (SSSR count). The maximum absolute atomic E-state index is 12.0. The highest BCUT2D eigenvalue weighted by molar-refractivity contribution is 5.69. The van der Waals surface area contributed by atoms with E-state index in [4.69, 9.17) is 4.74 Å². The predicted octanol–water partition coefficient (Wildman–Crippen LogP) is 2.34. The summed E-state index contributed by atoms with van der Waals surface area (Å²) in [6.45, 7) is 10.5. The van der Waals surface area contributed by atoms with Gasteiger partial charge in [-0.1, -0.05) is 0 Å². The highest BCUT2D eigenvalue weighted by atomic mass is 16.6. The van der Waals surface area contributed by atoms with Gasteiger partial charge in [0.15, 0.2) is 0 Å². The van der Waals surface area contributed by atoms with Gasteiger partial charge in [0.2, 0.25) is 0 Å². The summed E-state index contributed by atoms with van der Waals surface area (Å²) in [6, 6.07) is 0. The lowest BCUT2D eigenvalue weighted by molar-refractivity contribution is 0.0240. The van der Waals surface area contributed by atoms with Gasteiger partial charge < -0.3 is 4.74 Å². The number of carbonyl (C=O) groups excluding carboxylic acids is 1. The third-order valence-corrected chi connectivity index (χ3v) is 2.75. The van der Waals surface area contributed by atoms with Crippen molar-refractivity contribution in [3.8, 4) is 0 Å². The Hall–Kier alpha value is -1.65. The van der Waals surface area contributed by atoms with Gasteiger partial charge in [0.1, 0.15) is 11.4 Å². The molecule has 0 aliphatic carbocycles. The first-order chi connectivity index (χ1) is 8.26. The minimum Gasteiger partial charge on any atom is -0.444 e. The van der Waals surface area contributed by atoms with Crippen LogP contribution in [0.4, 0.5) is 4.79 Å². The minimum absolute atomic E-state index is 0.294. The SMILES string of the molecule is Cc1nc(C)c2c(n1)CN(C(=O)OC(C)(C)C)C2. The third kappa shape index (κ3) is 2.60. The van der Waals surface area contributed by atoms with Crippen molar-refractivity contribution in [2.24, 2.45) is 0 Å². The summed E-state index contributed by atoms with van der Waals surface area (Å²) in [7, 11) is 0. The molecule has 0 saturated heterocycles. The van der Waals surface area contributed by atoms with Crippen LogP contribution in [0, 0.1) is 13.8 Å². The van der Waals surface area contributed by atoms with Crippen molar-refractivity contribution < 1.29 is 9.53 Å². The van der Waals surface area contributed by atoms with Crippen molar-refractivity contribution in [2.75, 3.05) is 0 Å². The van der Waals surface area contributed by atoms with Crippen LogP contribution >= 0.6 is 0 Å². The Kier molecular flexibility index (Phi) is 3.00. The number of nitrogens with zero attached hydrogens (tertiary/aromatic N) is 3. The number of aryl methyl sites for hydroxylation is 2. The highest BCUT2D eigenvalue weighted by Crippen LogP contribution is 2.24. The van der Waals surface area contributed by atoms with Gasteiger partial charge in [0, 0.05) is 11.3 Å². The first-order valence-corrected chi connectivity index (χ1v) is 6.07. The van der Waals surface area contributed by atoms with Crippen LogP contribution in [0.1, 0.15) is 43.5 Å². The molecule has 1 aliphatic heterocycles. The van der Waals surface area contributed by atoms with Gasteiger partial charge in [-0.25, -0.2) is 14.8 Å². The number of carbonyl (C=O) groups is 1. The first kappa shape index (κ1) is 12.8. The average Bonchev–Trinajstić information content (AvgIpc) is 2.58. The number of hydrogen-bond donors (Lipinski definition) is 0. The molecule has 1 aromatic heterocycles. The van der Waals surface area contributed by atoms with Crippen molar-refractivity contribution in [3.05, 3.63) is 22.8 Å². The zero-order valence-corrected chi connectivity index (χ0v) is 11.6. The topological polar surface area (TPSA) is 55.3 Å². The van der Waals surface area contributed by atoms with E-state index in [1.165, 1.54) is 0 Å². The van der Waals surface area contributed by atoms with Gasteiger partial charge in [0.25, 0.3) is 0 Å². The van der Waals surface area contributed by atoms with Gasteiger partial charge >= 0.3 is 6.09 Å². The van der Waals surface area contributed by atoms with E-state index in [0.717, 1.165) is 22.8 Å². The van der Waals surface area contributed by atoms with E-state index in [1.54, 1.807) is 4.90 Å². The molecule has 0 spiro atoms.